The fraction of sp³-hybridized carbons (Fsp3) is 0.583. The van der Waals surface area contributed by atoms with Gasteiger partial charge in [-0.1, -0.05) is 0 Å². The molecule has 0 aliphatic carbocycles. The number of rotatable bonds is 7. The highest BCUT2D eigenvalue weighted by Crippen LogP contribution is 2.23. The Balaban J connectivity index is 2.72. The quantitative estimate of drug-likeness (QED) is 0.781. The molecule has 0 saturated heterocycles. The molecule has 9 heteroatoms. The second-order valence-corrected chi connectivity index (χ2v) is 4.41. The molecule has 0 aliphatic rings. The molecule has 0 saturated carbocycles. The minimum atomic E-state index is -4.23. The van der Waals surface area contributed by atoms with E-state index in [0.717, 1.165) is 0 Å². The van der Waals surface area contributed by atoms with Crippen LogP contribution in [0, 0.1) is 13.8 Å². The van der Waals surface area contributed by atoms with E-state index in [1.54, 1.807) is 13.8 Å². The van der Waals surface area contributed by atoms with Crippen LogP contribution in [0.2, 0.25) is 0 Å². The molecule has 1 N–H and O–H groups in total. The molecule has 0 radical (unpaired) electrons. The normalized spacial score (nSPS) is 12.0. The maximum atomic E-state index is 12.6. The summed E-state index contributed by atoms with van der Waals surface area (Å²) >= 11 is 0. The molecule has 118 valence electrons. The van der Waals surface area contributed by atoms with E-state index in [0.29, 0.717) is 17.0 Å². The molecule has 0 aromatic carbocycles. The van der Waals surface area contributed by atoms with Crippen LogP contribution in [-0.2, 0) is 22.6 Å². The lowest BCUT2D eigenvalue weighted by atomic mass is 10.1. The Morgan fingerprint density at radius 3 is 2.24 bits per heavy atom. The average molecular weight is 310 g/mol. The van der Waals surface area contributed by atoms with Gasteiger partial charge in [-0.05, 0) is 13.8 Å². The van der Waals surface area contributed by atoms with Crippen molar-refractivity contribution >= 4 is 5.97 Å². The molecule has 0 unspecified atom stereocenters. The first-order valence-corrected chi connectivity index (χ1v) is 5.92. The monoisotopic (exact) mass is 310 g/mol. The Labute approximate surface area is 118 Å². The van der Waals surface area contributed by atoms with Crippen molar-refractivity contribution in [1.29, 1.82) is 0 Å². The van der Waals surface area contributed by atoms with Crippen molar-refractivity contribution in [1.82, 2.24) is 9.97 Å². The van der Waals surface area contributed by atoms with E-state index in [2.05, 4.69) is 14.7 Å². The van der Waals surface area contributed by atoms with Crippen LogP contribution in [0.3, 0.4) is 0 Å². The number of carboxylic acids is 1. The molecule has 21 heavy (non-hydrogen) atoms. The first kappa shape index (κ1) is 17.3. The number of nitrogens with zero attached hydrogens (tertiary/aromatic N) is 2. The molecule has 1 rings (SSSR count). The van der Waals surface area contributed by atoms with E-state index in [4.69, 9.17) is 5.11 Å². The summed E-state index contributed by atoms with van der Waals surface area (Å²) < 4.78 is 53.6. The molecule has 1 aromatic rings. The highest BCUT2D eigenvalue weighted by molar-refractivity contribution is 5.70. The Bertz CT molecular complexity index is 500. The average Bonchev–Trinajstić information content (AvgIpc) is 2.33. The number of carbonyl (C=O) groups is 1. The van der Waals surface area contributed by atoms with Gasteiger partial charge in [0.1, 0.15) is 13.2 Å². The summed E-state index contributed by atoms with van der Waals surface area (Å²) in [5.74, 6) is -5.25. The Morgan fingerprint density at radius 2 is 1.81 bits per heavy atom. The van der Waals surface area contributed by atoms with Gasteiger partial charge in [0.25, 0.3) is 0 Å². The van der Waals surface area contributed by atoms with Gasteiger partial charge in [-0.15, -0.1) is 0 Å². The Hall–Kier alpha value is -1.77. The summed E-state index contributed by atoms with van der Waals surface area (Å²) in [6.07, 6.45) is -4.07. The SMILES string of the molecule is Cc1nc(COCC(F)(F)C(F)F)nc(C)c1CC(=O)O. The maximum absolute atomic E-state index is 12.6. The van der Waals surface area contributed by atoms with Crippen molar-refractivity contribution in [3.05, 3.63) is 22.8 Å². The van der Waals surface area contributed by atoms with Gasteiger partial charge in [0.15, 0.2) is 5.82 Å². The van der Waals surface area contributed by atoms with Gasteiger partial charge in [-0.3, -0.25) is 4.79 Å². The smallest absolute Gasteiger partial charge is 0.330 e. The van der Waals surface area contributed by atoms with Crippen LogP contribution in [0.25, 0.3) is 0 Å². The van der Waals surface area contributed by atoms with Gasteiger partial charge in [-0.2, -0.15) is 8.78 Å². The van der Waals surface area contributed by atoms with Gasteiger partial charge in [0, 0.05) is 17.0 Å². The van der Waals surface area contributed by atoms with E-state index < -0.39 is 31.5 Å². The summed E-state index contributed by atoms with van der Waals surface area (Å²) in [5.41, 5.74) is 1.18. The van der Waals surface area contributed by atoms with Crippen molar-refractivity contribution in [2.75, 3.05) is 6.61 Å². The van der Waals surface area contributed by atoms with Crippen LogP contribution >= 0.6 is 0 Å². The fourth-order valence-electron chi connectivity index (χ4n) is 1.62. The predicted octanol–water partition coefficient (Wildman–Crippen LogP) is 2.14. The number of aliphatic carboxylic acids is 1. The second-order valence-electron chi connectivity index (χ2n) is 4.41. The largest absolute Gasteiger partial charge is 0.481 e. The zero-order chi connectivity index (χ0) is 16.2. The summed E-state index contributed by atoms with van der Waals surface area (Å²) in [6.45, 7) is 1.19. The van der Waals surface area contributed by atoms with Crippen molar-refractivity contribution in [2.24, 2.45) is 0 Å². The molecule has 0 atom stereocenters. The van der Waals surface area contributed by atoms with Crippen LogP contribution in [0.15, 0.2) is 0 Å². The third-order valence-corrected chi connectivity index (χ3v) is 2.64. The summed E-state index contributed by atoms with van der Waals surface area (Å²) in [6, 6.07) is 0. The maximum Gasteiger partial charge on any atom is 0.330 e. The predicted molar refractivity (Wildman–Crippen MR) is 63.5 cm³/mol. The Kier molecular flexibility index (Phi) is 5.59. The van der Waals surface area contributed by atoms with E-state index >= 15 is 0 Å². The molecule has 0 aliphatic heterocycles. The molecular formula is C12H14F4N2O3. The van der Waals surface area contributed by atoms with Crippen molar-refractivity contribution in [3.63, 3.8) is 0 Å². The Morgan fingerprint density at radius 1 is 1.29 bits per heavy atom. The van der Waals surface area contributed by atoms with Crippen LogP contribution in [-0.4, -0.2) is 40.0 Å². The fourth-order valence-corrected chi connectivity index (χ4v) is 1.62. The number of alkyl halides is 4. The number of aryl methyl sites for hydroxylation is 2. The molecule has 5 nitrogen and oxygen atoms in total. The zero-order valence-electron chi connectivity index (χ0n) is 11.4. The van der Waals surface area contributed by atoms with Gasteiger partial charge in [0.05, 0.1) is 6.42 Å². The van der Waals surface area contributed by atoms with Gasteiger partial charge < -0.3 is 9.84 Å². The molecule has 1 aromatic heterocycles. The molecule has 0 amide bonds. The molecule has 0 spiro atoms. The lowest BCUT2D eigenvalue weighted by molar-refractivity contribution is -0.168. The molecule has 1 heterocycles. The number of aromatic nitrogens is 2. The summed E-state index contributed by atoms with van der Waals surface area (Å²) in [4.78, 5) is 18.5. The topological polar surface area (TPSA) is 72.3 Å². The van der Waals surface area contributed by atoms with E-state index in [1.807, 2.05) is 0 Å². The number of carboxylic acid groups (broad SMARTS) is 1. The van der Waals surface area contributed by atoms with Crippen molar-refractivity contribution < 1.29 is 32.2 Å². The molecule has 0 fully saturated rings. The number of hydrogen-bond acceptors (Lipinski definition) is 4. The van der Waals surface area contributed by atoms with E-state index in [-0.39, 0.29) is 12.2 Å². The van der Waals surface area contributed by atoms with Crippen LogP contribution < -0.4 is 0 Å². The lowest BCUT2D eigenvalue weighted by Crippen LogP contribution is -2.32. The van der Waals surface area contributed by atoms with Crippen LogP contribution in [0.1, 0.15) is 22.8 Å². The lowest BCUT2D eigenvalue weighted by Gasteiger charge is -2.15. The second kappa shape index (κ2) is 6.79. The van der Waals surface area contributed by atoms with Crippen molar-refractivity contribution in [3.8, 4) is 0 Å². The summed E-state index contributed by atoms with van der Waals surface area (Å²) in [7, 11) is 0. The number of ether oxygens (including phenoxy) is 1. The summed E-state index contributed by atoms with van der Waals surface area (Å²) in [5, 5.41) is 8.73. The van der Waals surface area contributed by atoms with Crippen molar-refractivity contribution in [2.45, 2.75) is 39.2 Å². The first-order chi connectivity index (χ1) is 9.63. The number of hydrogen-bond donors (Lipinski definition) is 1. The third-order valence-electron chi connectivity index (χ3n) is 2.64. The zero-order valence-corrected chi connectivity index (χ0v) is 11.4. The highest BCUT2D eigenvalue weighted by Gasteiger charge is 2.41. The minimum Gasteiger partial charge on any atom is -0.481 e. The van der Waals surface area contributed by atoms with Gasteiger partial charge >= 0.3 is 18.3 Å². The highest BCUT2D eigenvalue weighted by atomic mass is 19.3. The third kappa shape index (κ3) is 4.92. The standard InChI is InChI=1S/C12H14F4N2O3/c1-6-8(3-10(19)20)7(2)18-9(17-6)4-21-5-12(15,16)11(13)14/h11H,3-5H2,1-2H3,(H,19,20). The van der Waals surface area contributed by atoms with Crippen LogP contribution in [0.5, 0.6) is 0 Å². The minimum absolute atomic E-state index is 0.0317. The van der Waals surface area contributed by atoms with Crippen LogP contribution in [0.4, 0.5) is 17.6 Å². The van der Waals surface area contributed by atoms with E-state index in [9.17, 15) is 22.4 Å². The van der Waals surface area contributed by atoms with Gasteiger partial charge in [0.2, 0.25) is 0 Å². The number of halogens is 4. The molecular weight excluding hydrogens is 296 g/mol. The molecule has 0 bridgehead atoms. The first-order valence-electron chi connectivity index (χ1n) is 5.92. The van der Waals surface area contributed by atoms with Gasteiger partial charge in [-0.25, -0.2) is 18.7 Å². The van der Waals surface area contributed by atoms with E-state index in [1.165, 1.54) is 0 Å².